The van der Waals surface area contributed by atoms with E-state index in [0.29, 0.717) is 0 Å². The Kier molecular flexibility index (Phi) is 5.82. The van der Waals surface area contributed by atoms with E-state index in [1.54, 1.807) is 0 Å². The van der Waals surface area contributed by atoms with E-state index in [1.165, 1.54) is 5.56 Å². The van der Waals surface area contributed by atoms with Gasteiger partial charge in [0.15, 0.2) is 0 Å². The highest BCUT2D eigenvalue weighted by Crippen LogP contribution is 2.22. The van der Waals surface area contributed by atoms with Gasteiger partial charge in [-0.15, -0.1) is 10.2 Å². The zero-order valence-electron chi connectivity index (χ0n) is 13.7. The number of thiocarbonyl (C=S) groups is 1. The van der Waals surface area contributed by atoms with Gasteiger partial charge in [-0.1, -0.05) is 51.1 Å². The van der Waals surface area contributed by atoms with Crippen LogP contribution in [-0.4, -0.2) is 5.11 Å². The van der Waals surface area contributed by atoms with Gasteiger partial charge in [0.1, 0.15) is 0 Å². The van der Waals surface area contributed by atoms with Crippen LogP contribution < -0.4 is 10.9 Å². The average Bonchev–Trinajstić information content (AvgIpc) is 2.52. The molecule has 0 aliphatic carbocycles. The predicted molar refractivity (Wildman–Crippen MR) is 99.9 cm³/mol. The molecular weight excluding hydrogens is 304 g/mol. The van der Waals surface area contributed by atoms with Gasteiger partial charge < -0.3 is 0 Å². The maximum Gasteiger partial charge on any atom is 0.232 e. The van der Waals surface area contributed by atoms with Crippen molar-refractivity contribution >= 4 is 28.7 Å². The van der Waals surface area contributed by atoms with Crippen molar-refractivity contribution in [3.05, 3.63) is 60.2 Å². The number of rotatable bonds is 4. The number of hydrogen-bond donors (Lipinski definition) is 2. The minimum absolute atomic E-state index is 0.275. The summed E-state index contributed by atoms with van der Waals surface area (Å²) in [5.74, 6) is 0. The van der Waals surface area contributed by atoms with Crippen molar-refractivity contribution in [2.75, 3.05) is 5.43 Å². The molecule has 0 aliphatic rings. The summed E-state index contributed by atoms with van der Waals surface area (Å²) < 4.78 is 0. The summed E-state index contributed by atoms with van der Waals surface area (Å²) in [7, 11) is 0. The summed E-state index contributed by atoms with van der Waals surface area (Å²) in [6.07, 6.45) is 1.03. The summed E-state index contributed by atoms with van der Waals surface area (Å²) in [6, 6.07) is 17.8. The molecule has 0 aromatic heterocycles. The Labute approximate surface area is 143 Å². The number of benzene rings is 2. The molecule has 0 spiro atoms. The molecule has 120 valence electrons. The van der Waals surface area contributed by atoms with Crippen LogP contribution in [0, 0.1) is 5.41 Å². The Morgan fingerprint density at radius 1 is 1.00 bits per heavy atom. The van der Waals surface area contributed by atoms with Crippen molar-refractivity contribution < 1.29 is 0 Å². The maximum atomic E-state index is 5.12. The number of nitrogens with zero attached hydrogens (tertiary/aromatic N) is 2. The summed E-state index contributed by atoms with van der Waals surface area (Å²) in [6.45, 7) is 6.68. The Hall–Kier alpha value is -2.27. The first-order valence-corrected chi connectivity index (χ1v) is 7.95. The van der Waals surface area contributed by atoms with E-state index in [1.807, 2.05) is 42.5 Å². The number of hydrogen-bond acceptors (Lipinski definition) is 3. The summed E-state index contributed by atoms with van der Waals surface area (Å²) >= 11 is 5.12. The van der Waals surface area contributed by atoms with Crippen LogP contribution in [0.25, 0.3) is 0 Å². The van der Waals surface area contributed by atoms with Crippen molar-refractivity contribution in [1.82, 2.24) is 5.43 Å². The molecule has 0 heterocycles. The third-order valence-corrected chi connectivity index (χ3v) is 3.20. The van der Waals surface area contributed by atoms with E-state index in [9.17, 15) is 0 Å². The van der Waals surface area contributed by atoms with Crippen LogP contribution in [0.15, 0.2) is 64.8 Å². The van der Waals surface area contributed by atoms with E-state index >= 15 is 0 Å². The molecule has 0 fully saturated rings. The molecule has 0 saturated carbocycles. The predicted octanol–water partition coefficient (Wildman–Crippen LogP) is 5.26. The normalized spacial score (nSPS) is 11.4. The molecule has 0 saturated heterocycles. The SMILES string of the molecule is CC(C)(C)Cc1ccc(N=NC(=S)NNc2ccccc2)cc1. The molecule has 23 heavy (non-hydrogen) atoms. The quantitative estimate of drug-likeness (QED) is 0.458. The number of nitrogens with one attached hydrogen (secondary N) is 2. The highest BCUT2D eigenvalue weighted by atomic mass is 32.1. The van der Waals surface area contributed by atoms with Gasteiger partial charge in [0.25, 0.3) is 0 Å². The Morgan fingerprint density at radius 3 is 2.26 bits per heavy atom. The monoisotopic (exact) mass is 326 g/mol. The lowest BCUT2D eigenvalue weighted by molar-refractivity contribution is 0.411. The molecular formula is C18H22N4S. The van der Waals surface area contributed by atoms with Crippen molar-refractivity contribution in [2.45, 2.75) is 27.2 Å². The van der Waals surface area contributed by atoms with Crippen molar-refractivity contribution in [2.24, 2.45) is 15.6 Å². The summed E-state index contributed by atoms with van der Waals surface area (Å²) in [5, 5.41) is 8.42. The Bertz CT molecular complexity index is 658. The topological polar surface area (TPSA) is 48.8 Å². The molecule has 2 aromatic rings. The van der Waals surface area contributed by atoms with Gasteiger partial charge in [-0.25, -0.2) is 0 Å². The first-order chi connectivity index (χ1) is 10.9. The molecule has 0 unspecified atom stereocenters. The fourth-order valence-electron chi connectivity index (χ4n) is 2.07. The minimum atomic E-state index is 0.275. The van der Waals surface area contributed by atoms with Crippen molar-refractivity contribution in [1.29, 1.82) is 0 Å². The molecule has 5 heteroatoms. The Morgan fingerprint density at radius 2 is 1.65 bits per heavy atom. The van der Waals surface area contributed by atoms with Gasteiger partial charge in [-0.3, -0.25) is 10.9 Å². The van der Waals surface area contributed by atoms with Crippen molar-refractivity contribution in [3.8, 4) is 0 Å². The molecule has 0 bridgehead atoms. The molecule has 4 nitrogen and oxygen atoms in total. The minimum Gasteiger partial charge on any atom is -0.299 e. The number of para-hydroxylation sites is 1. The number of anilines is 1. The van der Waals surface area contributed by atoms with E-state index in [4.69, 9.17) is 12.2 Å². The van der Waals surface area contributed by atoms with Gasteiger partial charge in [-0.05, 0) is 53.9 Å². The standard InChI is InChI=1S/C18H22N4S/c1-18(2,3)13-14-9-11-16(12-10-14)20-22-17(23)21-19-15-7-5-4-6-8-15/h4-12,19H,13H2,1-3H3,(H,21,23). The number of azo groups is 1. The van der Waals surface area contributed by atoms with Crippen LogP contribution in [-0.2, 0) is 6.42 Å². The lowest BCUT2D eigenvalue weighted by Crippen LogP contribution is -2.25. The number of hydrazine groups is 1. The van der Waals surface area contributed by atoms with Gasteiger partial charge >= 0.3 is 0 Å². The van der Waals surface area contributed by atoms with Gasteiger partial charge in [0.05, 0.1) is 11.4 Å². The van der Waals surface area contributed by atoms with Gasteiger partial charge in [0.2, 0.25) is 5.11 Å². The zero-order chi connectivity index (χ0) is 16.7. The Balaban J connectivity index is 1.86. The molecule has 2 aromatic carbocycles. The summed E-state index contributed by atoms with van der Waals surface area (Å²) in [5.41, 5.74) is 9.07. The first-order valence-electron chi connectivity index (χ1n) is 7.54. The molecule has 2 rings (SSSR count). The van der Waals surface area contributed by atoms with Crippen LogP contribution in [0.5, 0.6) is 0 Å². The van der Waals surface area contributed by atoms with Gasteiger partial charge in [-0.2, -0.15) is 0 Å². The molecule has 0 atom stereocenters. The highest BCUT2D eigenvalue weighted by Gasteiger charge is 2.10. The highest BCUT2D eigenvalue weighted by molar-refractivity contribution is 7.80. The zero-order valence-corrected chi connectivity index (χ0v) is 14.5. The summed E-state index contributed by atoms with van der Waals surface area (Å²) in [4.78, 5) is 0. The second kappa shape index (κ2) is 7.83. The van der Waals surface area contributed by atoms with E-state index in [-0.39, 0.29) is 10.5 Å². The smallest absolute Gasteiger partial charge is 0.232 e. The van der Waals surface area contributed by atoms with Gasteiger partial charge in [0, 0.05) is 0 Å². The van der Waals surface area contributed by atoms with E-state index in [2.05, 4.69) is 54.0 Å². The fraction of sp³-hybridized carbons (Fsp3) is 0.278. The second-order valence-corrected chi connectivity index (χ2v) is 6.91. The lowest BCUT2D eigenvalue weighted by atomic mass is 9.88. The third kappa shape index (κ3) is 6.57. The molecule has 0 radical (unpaired) electrons. The van der Waals surface area contributed by atoms with E-state index in [0.717, 1.165) is 17.8 Å². The fourth-order valence-corrected chi connectivity index (χ4v) is 2.16. The van der Waals surface area contributed by atoms with Crippen molar-refractivity contribution in [3.63, 3.8) is 0 Å². The largest absolute Gasteiger partial charge is 0.299 e. The second-order valence-electron chi connectivity index (χ2n) is 6.53. The maximum absolute atomic E-state index is 5.12. The lowest BCUT2D eigenvalue weighted by Gasteiger charge is -2.17. The van der Waals surface area contributed by atoms with Crippen LogP contribution in [0.4, 0.5) is 11.4 Å². The van der Waals surface area contributed by atoms with Crippen LogP contribution >= 0.6 is 12.2 Å². The molecule has 2 N–H and O–H groups in total. The van der Waals surface area contributed by atoms with E-state index < -0.39 is 0 Å². The first kappa shape index (κ1) is 17.1. The van der Waals surface area contributed by atoms with Crippen LogP contribution in [0.1, 0.15) is 26.3 Å². The molecule has 0 amide bonds. The van der Waals surface area contributed by atoms with Crippen LogP contribution in [0.3, 0.4) is 0 Å². The third-order valence-electron chi connectivity index (χ3n) is 3.01. The molecule has 0 aliphatic heterocycles. The van der Waals surface area contributed by atoms with Crippen LogP contribution in [0.2, 0.25) is 0 Å². The average molecular weight is 326 g/mol.